The second-order valence-corrected chi connectivity index (χ2v) is 8.80. The Kier molecular flexibility index (Phi) is 5.65. The van der Waals surface area contributed by atoms with E-state index in [0.29, 0.717) is 24.3 Å². The fourth-order valence-electron chi connectivity index (χ4n) is 3.11. The third kappa shape index (κ3) is 4.57. The summed E-state index contributed by atoms with van der Waals surface area (Å²) in [7, 11) is 0.237. The maximum atomic E-state index is 12.6. The van der Waals surface area contributed by atoms with E-state index in [1.165, 1.54) is 11.1 Å². The predicted octanol–water partition coefficient (Wildman–Crippen LogP) is 1.96. The number of carbonyl (C=O) groups excluding carboxylic acids is 1. The van der Waals surface area contributed by atoms with E-state index in [1.807, 2.05) is 24.3 Å². The molecule has 0 radical (unpaired) electrons. The van der Waals surface area contributed by atoms with Gasteiger partial charge in [0.25, 0.3) is 5.91 Å². The van der Waals surface area contributed by atoms with Crippen molar-refractivity contribution in [1.29, 1.82) is 0 Å². The highest BCUT2D eigenvalue weighted by Gasteiger charge is 2.33. The van der Waals surface area contributed by atoms with Gasteiger partial charge < -0.3 is 15.0 Å². The highest BCUT2D eigenvalue weighted by Crippen LogP contribution is 2.20. The summed E-state index contributed by atoms with van der Waals surface area (Å²) >= 11 is 0. The Morgan fingerprint density at radius 3 is 2.70 bits per heavy atom. The molecule has 7 nitrogen and oxygen atoms in total. The summed E-state index contributed by atoms with van der Waals surface area (Å²) in [6, 6.07) is 10.9. The fraction of sp³-hybridized carbons (Fsp3) is 0.368. The minimum Gasteiger partial charge on any atom is -0.496 e. The summed E-state index contributed by atoms with van der Waals surface area (Å²) < 4.78 is 28.6. The highest BCUT2D eigenvalue weighted by atomic mass is 32.2. The van der Waals surface area contributed by atoms with Crippen molar-refractivity contribution in [1.82, 2.24) is 9.88 Å². The van der Waals surface area contributed by atoms with Crippen LogP contribution in [0.5, 0.6) is 5.75 Å². The minimum absolute atomic E-state index is 0.0290. The molecule has 1 aromatic heterocycles. The van der Waals surface area contributed by atoms with E-state index in [-0.39, 0.29) is 23.5 Å². The smallest absolute Gasteiger partial charge is 0.255 e. The number of para-hydroxylation sites is 1. The number of ether oxygens (including phenoxy) is 1. The molecule has 1 amide bonds. The third-order valence-electron chi connectivity index (χ3n) is 4.74. The summed E-state index contributed by atoms with van der Waals surface area (Å²) in [6.45, 7) is 0.546. The van der Waals surface area contributed by atoms with E-state index in [1.54, 1.807) is 26.3 Å². The normalized spacial score (nSPS) is 18.1. The van der Waals surface area contributed by atoms with Crippen molar-refractivity contribution < 1.29 is 17.9 Å². The van der Waals surface area contributed by atoms with Gasteiger partial charge >= 0.3 is 0 Å². The Morgan fingerprint density at radius 1 is 1.30 bits per heavy atom. The SMILES string of the molecule is COc1ccccc1CNc1ccc(C(=O)N(C)C2CCS(=O)(=O)C2)cn1. The molecule has 0 spiro atoms. The van der Waals surface area contributed by atoms with Crippen LogP contribution in [-0.2, 0) is 16.4 Å². The maximum Gasteiger partial charge on any atom is 0.255 e. The fourth-order valence-corrected chi connectivity index (χ4v) is 4.88. The van der Waals surface area contributed by atoms with Crippen LogP contribution in [0.1, 0.15) is 22.3 Å². The first-order chi connectivity index (χ1) is 12.9. The van der Waals surface area contributed by atoms with Crippen molar-refractivity contribution in [3.05, 3.63) is 53.7 Å². The topological polar surface area (TPSA) is 88.6 Å². The number of nitrogens with one attached hydrogen (secondary N) is 1. The number of sulfone groups is 1. The first-order valence-corrected chi connectivity index (χ1v) is 10.5. The zero-order valence-corrected chi connectivity index (χ0v) is 16.2. The summed E-state index contributed by atoms with van der Waals surface area (Å²) in [4.78, 5) is 18.4. The van der Waals surface area contributed by atoms with Gasteiger partial charge in [-0.25, -0.2) is 13.4 Å². The number of pyridine rings is 1. The number of aromatic nitrogens is 1. The van der Waals surface area contributed by atoms with Gasteiger partial charge in [0.05, 0.1) is 24.2 Å². The Hall–Kier alpha value is -2.61. The first kappa shape index (κ1) is 19.2. The molecule has 0 saturated carbocycles. The molecule has 0 aliphatic carbocycles. The predicted molar refractivity (Wildman–Crippen MR) is 104 cm³/mol. The van der Waals surface area contributed by atoms with Gasteiger partial charge in [0.15, 0.2) is 9.84 Å². The Labute approximate surface area is 159 Å². The number of rotatable bonds is 6. The molecule has 1 aromatic carbocycles. The number of hydrogen-bond donors (Lipinski definition) is 1. The number of methoxy groups -OCH3 is 1. The van der Waals surface area contributed by atoms with E-state index in [2.05, 4.69) is 10.3 Å². The molecule has 2 heterocycles. The average Bonchev–Trinajstić information content (AvgIpc) is 3.05. The number of nitrogens with zero attached hydrogens (tertiary/aromatic N) is 2. The van der Waals surface area contributed by atoms with Gasteiger partial charge in [-0.3, -0.25) is 4.79 Å². The summed E-state index contributed by atoms with van der Waals surface area (Å²) in [5.74, 6) is 1.38. The van der Waals surface area contributed by atoms with E-state index >= 15 is 0 Å². The number of anilines is 1. The molecule has 27 heavy (non-hydrogen) atoms. The monoisotopic (exact) mass is 389 g/mol. The second kappa shape index (κ2) is 7.96. The van der Waals surface area contributed by atoms with Crippen LogP contribution >= 0.6 is 0 Å². The van der Waals surface area contributed by atoms with Crippen LogP contribution in [0.25, 0.3) is 0 Å². The van der Waals surface area contributed by atoms with Gasteiger partial charge in [-0.15, -0.1) is 0 Å². The molecule has 8 heteroatoms. The lowest BCUT2D eigenvalue weighted by Crippen LogP contribution is -2.37. The van der Waals surface area contributed by atoms with Crippen LogP contribution in [-0.4, -0.2) is 55.9 Å². The number of hydrogen-bond acceptors (Lipinski definition) is 6. The van der Waals surface area contributed by atoms with E-state index in [4.69, 9.17) is 4.74 Å². The average molecular weight is 389 g/mol. The van der Waals surface area contributed by atoms with Gasteiger partial charge in [0.1, 0.15) is 11.6 Å². The molecule has 1 atom stereocenters. The summed E-state index contributed by atoms with van der Waals surface area (Å²) in [5, 5.41) is 3.20. The zero-order valence-electron chi connectivity index (χ0n) is 15.4. The number of amides is 1. The first-order valence-electron chi connectivity index (χ1n) is 8.69. The largest absolute Gasteiger partial charge is 0.496 e. The summed E-state index contributed by atoms with van der Waals surface area (Å²) in [6.07, 6.45) is 1.99. The van der Waals surface area contributed by atoms with Crippen molar-refractivity contribution in [2.24, 2.45) is 0 Å². The Morgan fingerprint density at radius 2 is 2.07 bits per heavy atom. The van der Waals surface area contributed by atoms with Crippen molar-refractivity contribution in [3.63, 3.8) is 0 Å². The lowest BCUT2D eigenvalue weighted by molar-refractivity contribution is 0.0747. The molecular formula is C19H23N3O4S. The zero-order chi connectivity index (χ0) is 19.4. The van der Waals surface area contributed by atoms with Gasteiger partial charge in [0.2, 0.25) is 0 Å². The molecule has 1 aliphatic rings. The maximum absolute atomic E-state index is 12.6. The molecule has 3 rings (SSSR count). The number of carbonyl (C=O) groups is 1. The number of benzene rings is 1. The molecular weight excluding hydrogens is 366 g/mol. The summed E-state index contributed by atoms with van der Waals surface area (Å²) in [5.41, 5.74) is 1.44. The van der Waals surface area contributed by atoms with Crippen LogP contribution in [0.2, 0.25) is 0 Å². The van der Waals surface area contributed by atoms with E-state index in [9.17, 15) is 13.2 Å². The van der Waals surface area contributed by atoms with Crippen molar-refractivity contribution in [2.75, 3.05) is 31.0 Å². The Balaban J connectivity index is 1.62. The van der Waals surface area contributed by atoms with Crippen molar-refractivity contribution in [3.8, 4) is 5.75 Å². The van der Waals surface area contributed by atoms with Crippen LogP contribution in [0, 0.1) is 0 Å². The molecule has 2 aromatic rings. The van der Waals surface area contributed by atoms with Gasteiger partial charge in [-0.1, -0.05) is 18.2 Å². The van der Waals surface area contributed by atoms with Gasteiger partial charge in [0, 0.05) is 31.4 Å². The van der Waals surface area contributed by atoms with Gasteiger partial charge in [-0.2, -0.15) is 0 Å². The molecule has 1 saturated heterocycles. The van der Waals surface area contributed by atoms with Gasteiger partial charge in [-0.05, 0) is 24.6 Å². The molecule has 1 N–H and O–H groups in total. The standard InChI is InChI=1S/C19H23N3O4S/c1-22(16-9-10-27(24,25)13-16)19(23)15-7-8-18(21-12-15)20-11-14-5-3-4-6-17(14)26-2/h3-8,12,16H,9-11,13H2,1-2H3,(H,20,21). The Bertz CT molecular complexity index is 913. The third-order valence-corrected chi connectivity index (χ3v) is 6.49. The highest BCUT2D eigenvalue weighted by molar-refractivity contribution is 7.91. The second-order valence-electron chi connectivity index (χ2n) is 6.57. The van der Waals surface area contributed by atoms with E-state index < -0.39 is 9.84 Å². The van der Waals surface area contributed by atoms with Crippen LogP contribution in [0.4, 0.5) is 5.82 Å². The van der Waals surface area contributed by atoms with Crippen LogP contribution in [0.15, 0.2) is 42.6 Å². The minimum atomic E-state index is -3.03. The molecule has 0 bridgehead atoms. The molecule has 1 unspecified atom stereocenters. The molecule has 144 valence electrons. The quantitative estimate of drug-likeness (QED) is 0.813. The van der Waals surface area contributed by atoms with E-state index in [0.717, 1.165) is 11.3 Å². The lowest BCUT2D eigenvalue weighted by atomic mass is 10.2. The van der Waals surface area contributed by atoms with Crippen LogP contribution in [0.3, 0.4) is 0 Å². The van der Waals surface area contributed by atoms with Crippen molar-refractivity contribution in [2.45, 2.75) is 19.0 Å². The molecule has 1 aliphatic heterocycles. The van der Waals surface area contributed by atoms with Crippen molar-refractivity contribution >= 4 is 21.6 Å². The molecule has 1 fully saturated rings. The van der Waals surface area contributed by atoms with Crippen LogP contribution < -0.4 is 10.1 Å². The lowest BCUT2D eigenvalue weighted by Gasteiger charge is -2.23.